The topological polar surface area (TPSA) is 38.3 Å². The summed E-state index contributed by atoms with van der Waals surface area (Å²) in [4.78, 5) is 11.5. The standard InChI is InChI=1S/C13H18BrNO2/c1-9-10(6-5-7-11(9)14)8-15-12(16)17-13(2,3)4/h5-7H,8H2,1-4H3,(H,15,16). The van der Waals surface area contributed by atoms with Gasteiger partial charge in [-0.15, -0.1) is 0 Å². The van der Waals surface area contributed by atoms with Gasteiger partial charge in [-0.1, -0.05) is 28.1 Å². The van der Waals surface area contributed by atoms with Gasteiger partial charge in [0.15, 0.2) is 0 Å². The van der Waals surface area contributed by atoms with Gasteiger partial charge in [-0.2, -0.15) is 0 Å². The van der Waals surface area contributed by atoms with E-state index in [0.29, 0.717) is 6.54 Å². The Kier molecular flexibility index (Phi) is 4.57. The van der Waals surface area contributed by atoms with E-state index in [2.05, 4.69) is 21.2 Å². The number of halogens is 1. The van der Waals surface area contributed by atoms with E-state index in [9.17, 15) is 4.79 Å². The van der Waals surface area contributed by atoms with Gasteiger partial charge in [-0.25, -0.2) is 4.79 Å². The normalized spacial score (nSPS) is 11.1. The van der Waals surface area contributed by atoms with E-state index in [1.54, 1.807) is 0 Å². The number of carbonyl (C=O) groups excluding carboxylic acids is 1. The van der Waals surface area contributed by atoms with E-state index in [-0.39, 0.29) is 0 Å². The maximum atomic E-state index is 11.5. The van der Waals surface area contributed by atoms with Crippen LogP contribution >= 0.6 is 15.9 Å². The molecule has 0 bridgehead atoms. The number of hydrogen-bond acceptors (Lipinski definition) is 2. The molecule has 0 aromatic heterocycles. The molecule has 0 heterocycles. The first kappa shape index (κ1) is 14.0. The SMILES string of the molecule is Cc1c(Br)cccc1CNC(=O)OC(C)(C)C. The lowest BCUT2D eigenvalue weighted by molar-refractivity contribution is 0.0523. The smallest absolute Gasteiger partial charge is 0.407 e. The predicted molar refractivity (Wildman–Crippen MR) is 72.0 cm³/mol. The zero-order chi connectivity index (χ0) is 13.1. The number of nitrogens with one attached hydrogen (secondary N) is 1. The second-order valence-electron chi connectivity index (χ2n) is 4.88. The van der Waals surface area contributed by atoms with Gasteiger partial charge in [0.05, 0.1) is 0 Å². The highest BCUT2D eigenvalue weighted by molar-refractivity contribution is 9.10. The number of amides is 1. The third-order valence-corrected chi connectivity index (χ3v) is 3.06. The average Bonchev–Trinajstić information content (AvgIpc) is 2.18. The van der Waals surface area contributed by atoms with Crippen LogP contribution in [-0.2, 0) is 11.3 Å². The van der Waals surface area contributed by atoms with Crippen molar-refractivity contribution in [2.45, 2.75) is 39.8 Å². The largest absolute Gasteiger partial charge is 0.444 e. The van der Waals surface area contributed by atoms with Crippen molar-refractivity contribution in [3.05, 3.63) is 33.8 Å². The molecule has 0 aliphatic heterocycles. The molecule has 1 N–H and O–H groups in total. The summed E-state index contributed by atoms with van der Waals surface area (Å²) in [5.74, 6) is 0. The zero-order valence-corrected chi connectivity index (χ0v) is 12.2. The highest BCUT2D eigenvalue weighted by atomic mass is 79.9. The van der Waals surface area contributed by atoms with E-state index in [1.165, 1.54) is 0 Å². The Morgan fingerprint density at radius 1 is 1.41 bits per heavy atom. The second kappa shape index (κ2) is 5.54. The maximum Gasteiger partial charge on any atom is 0.407 e. The average molecular weight is 300 g/mol. The van der Waals surface area contributed by atoms with Crippen LogP contribution in [0.4, 0.5) is 4.79 Å². The Bertz CT molecular complexity index is 410. The molecule has 1 amide bonds. The van der Waals surface area contributed by atoms with E-state index < -0.39 is 11.7 Å². The number of rotatable bonds is 2. The molecule has 0 aliphatic rings. The van der Waals surface area contributed by atoms with Crippen LogP contribution in [0.15, 0.2) is 22.7 Å². The van der Waals surface area contributed by atoms with Gasteiger partial charge in [-0.05, 0) is 44.9 Å². The maximum absolute atomic E-state index is 11.5. The lowest BCUT2D eigenvalue weighted by Gasteiger charge is -2.20. The van der Waals surface area contributed by atoms with Crippen LogP contribution in [0.3, 0.4) is 0 Å². The molecule has 1 aromatic rings. The van der Waals surface area contributed by atoms with Gasteiger partial charge in [-0.3, -0.25) is 0 Å². The fourth-order valence-electron chi connectivity index (χ4n) is 1.33. The molecule has 0 aliphatic carbocycles. The van der Waals surface area contributed by atoms with Gasteiger partial charge in [0.2, 0.25) is 0 Å². The summed E-state index contributed by atoms with van der Waals surface area (Å²) in [6.07, 6.45) is -0.392. The van der Waals surface area contributed by atoms with Crippen molar-refractivity contribution < 1.29 is 9.53 Å². The molecule has 1 rings (SSSR count). The monoisotopic (exact) mass is 299 g/mol. The lowest BCUT2D eigenvalue weighted by atomic mass is 10.1. The van der Waals surface area contributed by atoms with Crippen molar-refractivity contribution in [1.82, 2.24) is 5.32 Å². The van der Waals surface area contributed by atoms with Crippen LogP contribution in [0.1, 0.15) is 31.9 Å². The molecule has 0 unspecified atom stereocenters. The third-order valence-electron chi connectivity index (χ3n) is 2.20. The summed E-state index contributed by atoms with van der Waals surface area (Å²) in [7, 11) is 0. The molecule has 0 fully saturated rings. The summed E-state index contributed by atoms with van der Waals surface area (Å²) < 4.78 is 6.21. The molecular weight excluding hydrogens is 282 g/mol. The number of benzene rings is 1. The third kappa shape index (κ3) is 4.77. The van der Waals surface area contributed by atoms with E-state index in [1.807, 2.05) is 45.9 Å². The van der Waals surface area contributed by atoms with E-state index in [0.717, 1.165) is 15.6 Å². The van der Waals surface area contributed by atoms with Gasteiger partial charge in [0.1, 0.15) is 5.60 Å². The van der Waals surface area contributed by atoms with Gasteiger partial charge in [0, 0.05) is 11.0 Å². The van der Waals surface area contributed by atoms with Crippen LogP contribution in [0, 0.1) is 6.92 Å². The fourth-order valence-corrected chi connectivity index (χ4v) is 1.73. The summed E-state index contributed by atoms with van der Waals surface area (Å²) in [6.45, 7) is 8.02. The molecule has 4 heteroatoms. The molecule has 17 heavy (non-hydrogen) atoms. The Morgan fingerprint density at radius 2 is 2.06 bits per heavy atom. The summed E-state index contributed by atoms with van der Waals surface area (Å²) in [5.41, 5.74) is 1.74. The van der Waals surface area contributed by atoms with Crippen LogP contribution in [0.25, 0.3) is 0 Å². The van der Waals surface area contributed by atoms with Crippen LogP contribution in [0.5, 0.6) is 0 Å². The number of ether oxygens (including phenoxy) is 1. The first-order valence-corrected chi connectivity index (χ1v) is 6.30. The Morgan fingerprint density at radius 3 is 2.65 bits per heavy atom. The van der Waals surface area contributed by atoms with Gasteiger partial charge >= 0.3 is 6.09 Å². The first-order valence-electron chi connectivity index (χ1n) is 5.50. The van der Waals surface area contributed by atoms with Crippen LogP contribution in [-0.4, -0.2) is 11.7 Å². The minimum Gasteiger partial charge on any atom is -0.444 e. The molecule has 0 atom stereocenters. The summed E-state index contributed by atoms with van der Waals surface area (Å²) >= 11 is 3.46. The molecule has 0 radical (unpaired) electrons. The fraction of sp³-hybridized carbons (Fsp3) is 0.462. The van der Waals surface area contributed by atoms with Crippen molar-refractivity contribution in [1.29, 1.82) is 0 Å². The minimum atomic E-state index is -0.462. The molecule has 94 valence electrons. The molecule has 3 nitrogen and oxygen atoms in total. The lowest BCUT2D eigenvalue weighted by Crippen LogP contribution is -2.32. The van der Waals surface area contributed by atoms with E-state index in [4.69, 9.17) is 4.74 Å². The Labute approximate surface area is 111 Å². The molecule has 0 spiro atoms. The quantitative estimate of drug-likeness (QED) is 0.902. The first-order chi connectivity index (χ1) is 7.79. The molecule has 1 aromatic carbocycles. The highest BCUT2D eigenvalue weighted by Crippen LogP contribution is 2.19. The zero-order valence-electron chi connectivity index (χ0n) is 10.6. The number of hydrogen-bond donors (Lipinski definition) is 1. The molecule has 0 saturated heterocycles. The second-order valence-corrected chi connectivity index (χ2v) is 5.73. The van der Waals surface area contributed by atoms with Crippen molar-refractivity contribution in [2.24, 2.45) is 0 Å². The summed E-state index contributed by atoms with van der Waals surface area (Å²) in [6, 6.07) is 5.91. The van der Waals surface area contributed by atoms with Crippen LogP contribution < -0.4 is 5.32 Å². The predicted octanol–water partition coefficient (Wildman–Crippen LogP) is 3.78. The number of alkyl carbamates (subject to hydrolysis) is 1. The van der Waals surface area contributed by atoms with Crippen molar-refractivity contribution in [3.8, 4) is 0 Å². The van der Waals surface area contributed by atoms with Crippen LogP contribution in [0.2, 0.25) is 0 Å². The van der Waals surface area contributed by atoms with Crippen molar-refractivity contribution in [2.75, 3.05) is 0 Å². The van der Waals surface area contributed by atoms with Crippen molar-refractivity contribution in [3.63, 3.8) is 0 Å². The van der Waals surface area contributed by atoms with Gasteiger partial charge in [0.25, 0.3) is 0 Å². The van der Waals surface area contributed by atoms with Gasteiger partial charge < -0.3 is 10.1 Å². The molecule has 0 saturated carbocycles. The number of carbonyl (C=O) groups is 1. The Hall–Kier alpha value is -1.03. The van der Waals surface area contributed by atoms with E-state index >= 15 is 0 Å². The van der Waals surface area contributed by atoms with Crippen molar-refractivity contribution >= 4 is 22.0 Å². The summed E-state index contributed by atoms with van der Waals surface area (Å²) in [5, 5.41) is 2.74. The highest BCUT2D eigenvalue weighted by Gasteiger charge is 2.15. The Balaban J connectivity index is 2.56. The molecular formula is C13H18BrNO2. The minimum absolute atomic E-state index is 0.392.